The van der Waals surface area contributed by atoms with E-state index < -0.39 is 12.5 Å². The Hall–Kier alpha value is -1.17. The Morgan fingerprint density at radius 2 is 2.04 bits per heavy atom. The maximum atomic E-state index is 12.3. The van der Waals surface area contributed by atoms with Gasteiger partial charge in [0.25, 0.3) is 0 Å². The van der Waals surface area contributed by atoms with E-state index in [1.165, 1.54) is 11.1 Å². The third kappa shape index (κ3) is 5.16. The number of halogens is 3. The number of carbonyl (C=O) groups is 1. The van der Waals surface area contributed by atoms with E-state index in [1.54, 1.807) is 11.8 Å². The first kappa shape index (κ1) is 18.2. The molecule has 1 saturated heterocycles. The van der Waals surface area contributed by atoms with Crippen LogP contribution in [0, 0.1) is 6.92 Å². The van der Waals surface area contributed by atoms with E-state index >= 15 is 0 Å². The largest absolute Gasteiger partial charge is 0.335 e. The van der Waals surface area contributed by atoms with E-state index in [0.29, 0.717) is 19.0 Å². The molecule has 1 aromatic rings. The van der Waals surface area contributed by atoms with Crippen molar-refractivity contribution < 1.29 is 13.6 Å². The summed E-state index contributed by atoms with van der Waals surface area (Å²) in [7, 11) is 0. The highest BCUT2D eigenvalue weighted by atomic mass is 79.9. The summed E-state index contributed by atoms with van der Waals surface area (Å²) in [5, 5.41) is 2.65. The molecule has 2 rings (SSSR count). The summed E-state index contributed by atoms with van der Waals surface area (Å²) in [6.45, 7) is 5.00. The van der Waals surface area contributed by atoms with Gasteiger partial charge in [0.15, 0.2) is 0 Å². The lowest BCUT2D eigenvalue weighted by molar-refractivity contribution is 0.122. The molecule has 0 spiro atoms. The Balaban J connectivity index is 1.85. The molecule has 6 heteroatoms. The SMILES string of the molecule is Cc1cc(C2CCN(C(=O)NC(C)CC(F)F)CC2)ccc1Br. The molecular weight excluding hydrogens is 366 g/mol. The van der Waals surface area contributed by atoms with Gasteiger partial charge in [0.1, 0.15) is 0 Å². The molecule has 0 aliphatic carbocycles. The predicted octanol–water partition coefficient (Wildman–Crippen LogP) is 4.69. The van der Waals surface area contributed by atoms with E-state index in [-0.39, 0.29) is 12.5 Å². The molecule has 0 radical (unpaired) electrons. The minimum Gasteiger partial charge on any atom is -0.335 e. The topological polar surface area (TPSA) is 32.3 Å². The van der Waals surface area contributed by atoms with Gasteiger partial charge in [-0.15, -0.1) is 0 Å². The molecule has 1 unspecified atom stereocenters. The van der Waals surface area contributed by atoms with Crippen molar-refractivity contribution in [1.29, 1.82) is 0 Å². The highest BCUT2D eigenvalue weighted by Crippen LogP contribution is 2.30. The third-order valence-electron chi connectivity index (χ3n) is 4.34. The summed E-state index contributed by atoms with van der Waals surface area (Å²) >= 11 is 3.51. The van der Waals surface area contributed by atoms with Gasteiger partial charge in [-0.25, -0.2) is 13.6 Å². The van der Waals surface area contributed by atoms with Crippen LogP contribution in [0.1, 0.15) is 43.2 Å². The fourth-order valence-corrected chi connectivity index (χ4v) is 3.21. The van der Waals surface area contributed by atoms with Crippen molar-refractivity contribution in [2.24, 2.45) is 0 Å². The van der Waals surface area contributed by atoms with E-state index in [4.69, 9.17) is 0 Å². The highest BCUT2D eigenvalue weighted by Gasteiger charge is 2.25. The van der Waals surface area contributed by atoms with Gasteiger partial charge < -0.3 is 10.2 Å². The van der Waals surface area contributed by atoms with Crippen LogP contribution in [-0.4, -0.2) is 36.5 Å². The van der Waals surface area contributed by atoms with Gasteiger partial charge in [-0.3, -0.25) is 0 Å². The quantitative estimate of drug-likeness (QED) is 0.796. The molecule has 1 fully saturated rings. The van der Waals surface area contributed by atoms with Gasteiger partial charge >= 0.3 is 6.03 Å². The number of nitrogens with zero attached hydrogens (tertiary/aromatic N) is 1. The van der Waals surface area contributed by atoms with Crippen LogP contribution in [0.5, 0.6) is 0 Å². The Labute approximate surface area is 144 Å². The molecule has 0 aromatic heterocycles. The van der Waals surface area contributed by atoms with Crippen LogP contribution in [0.25, 0.3) is 0 Å². The maximum absolute atomic E-state index is 12.3. The predicted molar refractivity (Wildman–Crippen MR) is 91.0 cm³/mol. The van der Waals surface area contributed by atoms with Crippen LogP contribution in [-0.2, 0) is 0 Å². The van der Waals surface area contributed by atoms with Crippen LogP contribution in [0.3, 0.4) is 0 Å². The molecular formula is C17H23BrF2N2O. The molecule has 1 N–H and O–H groups in total. The van der Waals surface area contributed by atoms with Crippen LogP contribution in [0.2, 0.25) is 0 Å². The van der Waals surface area contributed by atoms with Crippen LogP contribution >= 0.6 is 15.9 Å². The number of aryl methyl sites for hydroxylation is 1. The maximum Gasteiger partial charge on any atom is 0.317 e. The number of amides is 2. The van der Waals surface area contributed by atoms with E-state index in [1.807, 2.05) is 0 Å². The van der Waals surface area contributed by atoms with Crippen molar-refractivity contribution in [3.05, 3.63) is 33.8 Å². The van der Waals surface area contributed by atoms with Gasteiger partial charge in [0.2, 0.25) is 6.43 Å². The van der Waals surface area contributed by atoms with Crippen molar-refractivity contribution in [3.8, 4) is 0 Å². The lowest BCUT2D eigenvalue weighted by atomic mass is 9.89. The number of carbonyl (C=O) groups excluding carboxylic acids is 1. The summed E-state index contributed by atoms with van der Waals surface area (Å²) in [5.74, 6) is 0.448. The third-order valence-corrected chi connectivity index (χ3v) is 5.23. The lowest BCUT2D eigenvalue weighted by Crippen LogP contribution is -2.47. The fourth-order valence-electron chi connectivity index (χ4n) is 2.97. The molecule has 23 heavy (non-hydrogen) atoms. The van der Waals surface area contributed by atoms with Gasteiger partial charge in [0, 0.05) is 30.0 Å². The first-order valence-corrected chi connectivity index (χ1v) is 8.75. The second-order valence-corrected chi connectivity index (χ2v) is 7.10. The monoisotopic (exact) mass is 388 g/mol. The number of alkyl halides is 2. The second-order valence-electron chi connectivity index (χ2n) is 6.25. The Kier molecular flexibility index (Phi) is 6.39. The zero-order chi connectivity index (χ0) is 17.0. The number of piperidine rings is 1. The standard InChI is InChI=1S/C17H23BrF2N2O/c1-11-9-14(3-4-15(11)18)13-5-7-22(8-6-13)17(23)21-12(2)10-16(19)20/h3-4,9,12-13,16H,5-8,10H2,1-2H3,(H,21,23). The summed E-state index contributed by atoms with van der Waals surface area (Å²) in [6, 6.07) is 5.64. The summed E-state index contributed by atoms with van der Waals surface area (Å²) < 4.78 is 25.7. The van der Waals surface area contributed by atoms with Crippen molar-refractivity contribution in [3.63, 3.8) is 0 Å². The average Bonchev–Trinajstić information content (AvgIpc) is 2.49. The minimum absolute atomic E-state index is 0.233. The summed E-state index contributed by atoms with van der Waals surface area (Å²) in [5.41, 5.74) is 2.51. The van der Waals surface area contributed by atoms with Gasteiger partial charge in [-0.2, -0.15) is 0 Å². The lowest BCUT2D eigenvalue weighted by Gasteiger charge is -2.33. The molecule has 1 heterocycles. The van der Waals surface area contributed by atoms with E-state index in [0.717, 1.165) is 17.3 Å². The number of urea groups is 1. The van der Waals surface area contributed by atoms with Gasteiger partial charge in [0.05, 0.1) is 0 Å². The fraction of sp³-hybridized carbons (Fsp3) is 0.588. The van der Waals surface area contributed by atoms with Gasteiger partial charge in [-0.05, 0) is 49.8 Å². The Morgan fingerprint density at radius 3 is 2.61 bits per heavy atom. The average molecular weight is 389 g/mol. The first-order chi connectivity index (χ1) is 10.9. The zero-order valence-corrected chi connectivity index (χ0v) is 15.1. The smallest absolute Gasteiger partial charge is 0.317 e. The van der Waals surface area contributed by atoms with Crippen molar-refractivity contribution in [2.75, 3.05) is 13.1 Å². The van der Waals surface area contributed by atoms with Crippen molar-refractivity contribution in [2.45, 2.75) is 51.5 Å². The molecule has 1 aliphatic rings. The zero-order valence-electron chi connectivity index (χ0n) is 13.5. The number of rotatable bonds is 4. The molecule has 0 saturated carbocycles. The minimum atomic E-state index is -2.39. The number of likely N-dealkylation sites (tertiary alicyclic amines) is 1. The Bertz CT molecular complexity index is 545. The molecule has 0 bridgehead atoms. The van der Waals surface area contributed by atoms with E-state index in [9.17, 15) is 13.6 Å². The van der Waals surface area contributed by atoms with Crippen molar-refractivity contribution in [1.82, 2.24) is 10.2 Å². The number of hydrogen-bond acceptors (Lipinski definition) is 1. The molecule has 2 amide bonds. The highest BCUT2D eigenvalue weighted by molar-refractivity contribution is 9.10. The molecule has 3 nitrogen and oxygen atoms in total. The number of benzene rings is 1. The van der Waals surface area contributed by atoms with Crippen LogP contribution in [0.15, 0.2) is 22.7 Å². The number of hydrogen-bond donors (Lipinski definition) is 1. The molecule has 1 aliphatic heterocycles. The van der Waals surface area contributed by atoms with Crippen molar-refractivity contribution >= 4 is 22.0 Å². The molecule has 1 aromatic carbocycles. The Morgan fingerprint density at radius 1 is 1.39 bits per heavy atom. The van der Waals surface area contributed by atoms with E-state index in [2.05, 4.69) is 46.4 Å². The molecule has 128 valence electrons. The first-order valence-electron chi connectivity index (χ1n) is 7.96. The normalized spacial score (nSPS) is 17.4. The van der Waals surface area contributed by atoms with Gasteiger partial charge in [-0.1, -0.05) is 28.1 Å². The van der Waals surface area contributed by atoms with Crippen LogP contribution in [0.4, 0.5) is 13.6 Å². The second kappa shape index (κ2) is 8.08. The number of nitrogens with one attached hydrogen (secondary N) is 1. The summed E-state index contributed by atoms with van der Waals surface area (Å²) in [6.07, 6.45) is -0.896. The summed E-state index contributed by atoms with van der Waals surface area (Å²) in [4.78, 5) is 13.8. The molecule has 1 atom stereocenters. The van der Waals surface area contributed by atoms with Crippen LogP contribution < -0.4 is 5.32 Å².